The van der Waals surface area contributed by atoms with E-state index in [1.165, 1.54) is 11.3 Å². The smallest absolute Gasteiger partial charge is 0.331 e. The van der Waals surface area contributed by atoms with Gasteiger partial charge in [0, 0.05) is 25.2 Å². The molecule has 0 aliphatic carbocycles. The van der Waals surface area contributed by atoms with Crippen LogP contribution in [0.25, 0.3) is 10.2 Å². The van der Waals surface area contributed by atoms with Gasteiger partial charge in [-0.25, -0.2) is 9.78 Å². The minimum atomic E-state index is -0.344. The number of carbonyl (C=O) groups is 3. The van der Waals surface area contributed by atoms with Gasteiger partial charge in [0.1, 0.15) is 27.8 Å². The van der Waals surface area contributed by atoms with E-state index in [2.05, 4.69) is 15.6 Å². The standard InChI is InChI=1S/C30H26N6O4S/c1-18-17-21(40-20-5-3-2-4-6-20)7-8-22(18)36-23-10-14-32-28-25(23)26(33-30(36)39)29(41-28)34-27(38)19-11-15-35(16-12-19)24(37)9-13-31/h2-8,10,14,17,19H,9,11-12,15-16H2,1H3,(H,33,39)(H,34,38). The molecule has 4 aromatic rings. The van der Waals surface area contributed by atoms with Crippen molar-refractivity contribution in [3.05, 3.63) is 66.4 Å². The number of urea groups is 1. The molecule has 0 unspecified atom stereocenters. The molecule has 1 fully saturated rings. The van der Waals surface area contributed by atoms with Crippen LogP contribution in [0, 0.1) is 24.2 Å². The first kappa shape index (κ1) is 26.3. The Balaban J connectivity index is 1.24. The summed E-state index contributed by atoms with van der Waals surface area (Å²) in [4.78, 5) is 47.1. The van der Waals surface area contributed by atoms with Crippen LogP contribution in [0.5, 0.6) is 11.5 Å². The summed E-state index contributed by atoms with van der Waals surface area (Å²) in [6, 6.07) is 18.4. The number of para-hydroxylation sites is 1. The fourth-order valence-corrected chi connectivity index (χ4v) is 6.29. The maximum absolute atomic E-state index is 13.5. The van der Waals surface area contributed by atoms with Crippen molar-refractivity contribution in [3.8, 4) is 17.6 Å². The molecule has 6 rings (SSSR count). The highest BCUT2D eigenvalue weighted by Gasteiger charge is 2.33. The van der Waals surface area contributed by atoms with E-state index in [9.17, 15) is 14.4 Å². The number of aryl methyl sites for hydroxylation is 1. The van der Waals surface area contributed by atoms with Gasteiger partial charge in [0.05, 0.1) is 28.5 Å². The monoisotopic (exact) mass is 566 g/mol. The maximum atomic E-state index is 13.5. The number of nitrogens with zero attached hydrogens (tertiary/aromatic N) is 4. The van der Waals surface area contributed by atoms with Crippen LogP contribution in [0.1, 0.15) is 24.8 Å². The molecule has 10 nitrogen and oxygen atoms in total. The van der Waals surface area contributed by atoms with Crippen molar-refractivity contribution in [1.82, 2.24) is 9.88 Å². The van der Waals surface area contributed by atoms with Crippen LogP contribution < -0.4 is 20.3 Å². The summed E-state index contributed by atoms with van der Waals surface area (Å²) in [7, 11) is 0. The number of piperidine rings is 1. The Morgan fingerprint density at radius 2 is 1.90 bits per heavy atom. The lowest BCUT2D eigenvalue weighted by atomic mass is 9.95. The zero-order valence-electron chi connectivity index (χ0n) is 22.2. The van der Waals surface area contributed by atoms with Gasteiger partial charge < -0.3 is 20.3 Å². The average molecular weight is 567 g/mol. The number of pyridine rings is 1. The van der Waals surface area contributed by atoms with Gasteiger partial charge >= 0.3 is 6.03 Å². The molecule has 2 N–H and O–H groups in total. The first-order valence-electron chi connectivity index (χ1n) is 13.2. The Kier molecular flexibility index (Phi) is 6.99. The summed E-state index contributed by atoms with van der Waals surface area (Å²) in [6.07, 6.45) is 2.52. The lowest BCUT2D eigenvalue weighted by Gasteiger charge is -2.31. The summed E-state index contributed by atoms with van der Waals surface area (Å²) in [5.74, 6) is 0.738. The first-order valence-corrected chi connectivity index (χ1v) is 14.1. The van der Waals surface area contributed by atoms with Crippen LogP contribution in [-0.2, 0) is 9.59 Å². The van der Waals surface area contributed by atoms with Gasteiger partial charge in [-0.05, 0) is 61.7 Å². The van der Waals surface area contributed by atoms with Gasteiger partial charge in [0.25, 0.3) is 0 Å². The van der Waals surface area contributed by atoms with Crippen LogP contribution in [0.4, 0.5) is 26.9 Å². The van der Waals surface area contributed by atoms with Crippen molar-refractivity contribution in [2.24, 2.45) is 5.92 Å². The topological polar surface area (TPSA) is 128 Å². The van der Waals surface area contributed by atoms with E-state index < -0.39 is 0 Å². The van der Waals surface area contributed by atoms with Gasteiger partial charge in [-0.1, -0.05) is 29.5 Å². The van der Waals surface area contributed by atoms with Crippen molar-refractivity contribution < 1.29 is 19.1 Å². The van der Waals surface area contributed by atoms with E-state index in [4.69, 9.17) is 10.00 Å². The van der Waals surface area contributed by atoms with Crippen molar-refractivity contribution in [1.29, 1.82) is 5.26 Å². The number of anilines is 4. The number of hydrogen-bond donors (Lipinski definition) is 2. The van der Waals surface area contributed by atoms with E-state index >= 15 is 0 Å². The number of hydrogen-bond acceptors (Lipinski definition) is 7. The molecule has 2 aliphatic heterocycles. The zero-order valence-corrected chi connectivity index (χ0v) is 23.0. The predicted octanol–water partition coefficient (Wildman–Crippen LogP) is 6.17. The summed E-state index contributed by atoms with van der Waals surface area (Å²) in [5, 5.41) is 16.0. The SMILES string of the molecule is Cc1cc(Oc2ccccc2)ccc1N1C(=O)Nc2c(NC(=O)C3CCN(C(=O)CC#N)CC3)sc3nccc1c23. The molecule has 2 aromatic heterocycles. The lowest BCUT2D eigenvalue weighted by Crippen LogP contribution is -2.41. The van der Waals surface area contributed by atoms with Crippen LogP contribution in [0.3, 0.4) is 0 Å². The maximum Gasteiger partial charge on any atom is 0.331 e. The van der Waals surface area contributed by atoms with E-state index in [1.807, 2.05) is 61.5 Å². The van der Waals surface area contributed by atoms with E-state index in [0.717, 1.165) is 16.7 Å². The van der Waals surface area contributed by atoms with Crippen LogP contribution >= 0.6 is 11.3 Å². The second-order valence-corrected chi connectivity index (χ2v) is 10.9. The molecule has 0 atom stereocenters. The summed E-state index contributed by atoms with van der Waals surface area (Å²) in [6.45, 7) is 2.79. The number of benzene rings is 2. The Bertz CT molecular complexity index is 1710. The van der Waals surface area contributed by atoms with Gasteiger partial charge in [-0.15, -0.1) is 0 Å². The number of likely N-dealkylation sites (tertiary alicyclic amines) is 1. The molecule has 2 aromatic carbocycles. The Morgan fingerprint density at radius 1 is 1.12 bits per heavy atom. The summed E-state index contributed by atoms with van der Waals surface area (Å²) >= 11 is 1.31. The highest BCUT2D eigenvalue weighted by atomic mass is 32.1. The number of amides is 4. The molecule has 0 radical (unpaired) electrons. The largest absolute Gasteiger partial charge is 0.457 e. The zero-order chi connectivity index (χ0) is 28.5. The normalized spacial score (nSPS) is 14.9. The van der Waals surface area contributed by atoms with Crippen molar-refractivity contribution in [2.75, 3.05) is 28.6 Å². The number of nitriles is 1. The highest BCUT2D eigenvalue weighted by Crippen LogP contribution is 2.49. The van der Waals surface area contributed by atoms with Crippen molar-refractivity contribution >= 4 is 61.5 Å². The van der Waals surface area contributed by atoms with Crippen molar-refractivity contribution in [2.45, 2.75) is 26.2 Å². The molecule has 4 heterocycles. The summed E-state index contributed by atoms with van der Waals surface area (Å²) < 4.78 is 5.96. The number of rotatable bonds is 6. The third-order valence-corrected chi connectivity index (χ3v) is 8.33. The molecule has 0 bridgehead atoms. The molecule has 0 spiro atoms. The van der Waals surface area contributed by atoms with Gasteiger partial charge in [0.2, 0.25) is 11.8 Å². The Labute approximate surface area is 240 Å². The average Bonchev–Trinajstić information content (AvgIpc) is 3.32. The van der Waals surface area contributed by atoms with E-state index in [1.54, 1.807) is 22.1 Å². The number of aromatic nitrogens is 1. The van der Waals surface area contributed by atoms with Gasteiger partial charge in [-0.2, -0.15) is 5.26 Å². The van der Waals surface area contributed by atoms with Gasteiger partial charge in [0.15, 0.2) is 0 Å². The van der Waals surface area contributed by atoms with E-state index in [0.29, 0.717) is 58.6 Å². The Morgan fingerprint density at radius 3 is 2.63 bits per heavy atom. The number of ether oxygens (including phenoxy) is 1. The molecule has 4 amide bonds. The minimum absolute atomic E-state index is 0.154. The molecule has 2 aliphatic rings. The fourth-order valence-electron chi connectivity index (χ4n) is 5.26. The van der Waals surface area contributed by atoms with Crippen LogP contribution in [0.15, 0.2) is 60.8 Å². The molecule has 206 valence electrons. The molecule has 41 heavy (non-hydrogen) atoms. The molecule has 11 heteroatoms. The third-order valence-electron chi connectivity index (χ3n) is 7.32. The number of nitrogens with one attached hydrogen (secondary N) is 2. The first-order chi connectivity index (χ1) is 19.9. The lowest BCUT2D eigenvalue weighted by molar-refractivity contribution is -0.133. The second-order valence-electron chi connectivity index (χ2n) is 9.92. The quantitative estimate of drug-likeness (QED) is 0.287. The molecule has 0 saturated carbocycles. The van der Waals surface area contributed by atoms with Crippen LogP contribution in [0.2, 0.25) is 0 Å². The highest BCUT2D eigenvalue weighted by molar-refractivity contribution is 7.23. The fraction of sp³-hybridized carbons (Fsp3) is 0.233. The van der Waals surface area contributed by atoms with Crippen LogP contribution in [-0.4, -0.2) is 40.8 Å². The van der Waals surface area contributed by atoms with E-state index in [-0.39, 0.29) is 30.2 Å². The summed E-state index contributed by atoms with van der Waals surface area (Å²) in [5.41, 5.74) is 2.77. The second kappa shape index (κ2) is 10.9. The van der Waals surface area contributed by atoms with Crippen molar-refractivity contribution in [3.63, 3.8) is 0 Å². The van der Waals surface area contributed by atoms with Gasteiger partial charge in [-0.3, -0.25) is 14.5 Å². The molecular formula is C30H26N6O4S. The third kappa shape index (κ3) is 5.05. The predicted molar refractivity (Wildman–Crippen MR) is 157 cm³/mol. The molecular weight excluding hydrogens is 540 g/mol. The minimum Gasteiger partial charge on any atom is -0.457 e. The number of carbonyl (C=O) groups excluding carboxylic acids is 3. The molecule has 1 saturated heterocycles. The Hall–Kier alpha value is -4.95. The number of thiophene rings is 1.